The number of methoxy groups -OCH3 is 1. The second kappa shape index (κ2) is 9.03. The van der Waals surface area contributed by atoms with E-state index < -0.39 is 24.0 Å². The Morgan fingerprint density at radius 3 is 2.54 bits per heavy atom. The molecule has 1 heterocycles. The Balaban J connectivity index is 2.23. The van der Waals surface area contributed by atoms with E-state index in [2.05, 4.69) is 5.32 Å². The molecule has 0 saturated carbocycles. The molecule has 7 heteroatoms. The Bertz CT molecular complexity index is 699. The number of esters is 2. The second-order valence-electron chi connectivity index (χ2n) is 5.91. The molecule has 0 spiro atoms. The standard InChI is InChI=1S/C19H24N2O5/c1-4-26-16(22)12-21-13(2)17(18(23)25-3)15(20-19(21)24)11-10-14-8-6-5-7-9-14/h5-9,15H,4,10-12H2,1-3H3,(H,20,24)/t15-/m1/s1. The molecule has 1 aliphatic rings. The SMILES string of the molecule is CCOC(=O)CN1C(=O)N[C@H](CCc2ccccc2)C(C(=O)OC)=C1C. The number of urea groups is 1. The molecule has 1 atom stereocenters. The number of aryl methyl sites for hydroxylation is 1. The van der Waals surface area contributed by atoms with Gasteiger partial charge < -0.3 is 14.8 Å². The molecule has 0 aliphatic carbocycles. The van der Waals surface area contributed by atoms with Crippen LogP contribution >= 0.6 is 0 Å². The number of hydrogen-bond donors (Lipinski definition) is 1. The fourth-order valence-electron chi connectivity index (χ4n) is 2.95. The minimum atomic E-state index is -0.533. The van der Waals surface area contributed by atoms with Crippen molar-refractivity contribution in [2.45, 2.75) is 32.7 Å². The van der Waals surface area contributed by atoms with Crippen molar-refractivity contribution in [1.29, 1.82) is 0 Å². The van der Waals surface area contributed by atoms with Crippen LogP contribution in [0.5, 0.6) is 0 Å². The van der Waals surface area contributed by atoms with Crippen molar-refractivity contribution in [3.63, 3.8) is 0 Å². The zero-order valence-electron chi connectivity index (χ0n) is 15.3. The maximum absolute atomic E-state index is 12.4. The van der Waals surface area contributed by atoms with Crippen molar-refractivity contribution in [3.8, 4) is 0 Å². The number of hydrogen-bond acceptors (Lipinski definition) is 5. The molecule has 0 fully saturated rings. The maximum atomic E-state index is 12.4. The monoisotopic (exact) mass is 360 g/mol. The van der Waals surface area contributed by atoms with Crippen molar-refractivity contribution >= 4 is 18.0 Å². The van der Waals surface area contributed by atoms with Crippen LogP contribution in [0.2, 0.25) is 0 Å². The predicted molar refractivity (Wildman–Crippen MR) is 95.1 cm³/mol. The van der Waals surface area contributed by atoms with Crippen LogP contribution in [-0.2, 0) is 25.5 Å². The van der Waals surface area contributed by atoms with Gasteiger partial charge >= 0.3 is 18.0 Å². The first-order valence-corrected chi connectivity index (χ1v) is 8.54. The number of benzene rings is 1. The average Bonchev–Trinajstić information content (AvgIpc) is 2.64. The van der Waals surface area contributed by atoms with Crippen molar-refractivity contribution < 1.29 is 23.9 Å². The van der Waals surface area contributed by atoms with Crippen LogP contribution in [0.15, 0.2) is 41.6 Å². The highest BCUT2D eigenvalue weighted by Crippen LogP contribution is 2.24. The number of nitrogens with one attached hydrogen (secondary N) is 1. The van der Waals surface area contributed by atoms with E-state index >= 15 is 0 Å². The number of carbonyl (C=O) groups excluding carboxylic acids is 3. The van der Waals surface area contributed by atoms with Gasteiger partial charge in [-0.05, 0) is 32.3 Å². The largest absolute Gasteiger partial charge is 0.466 e. The molecule has 7 nitrogen and oxygen atoms in total. The van der Waals surface area contributed by atoms with Crippen LogP contribution in [0.4, 0.5) is 4.79 Å². The Kier molecular flexibility index (Phi) is 6.77. The van der Waals surface area contributed by atoms with Crippen LogP contribution in [0.1, 0.15) is 25.8 Å². The van der Waals surface area contributed by atoms with E-state index in [9.17, 15) is 14.4 Å². The maximum Gasteiger partial charge on any atom is 0.337 e. The van der Waals surface area contributed by atoms with Crippen LogP contribution in [0.25, 0.3) is 0 Å². The van der Waals surface area contributed by atoms with Crippen LogP contribution in [-0.4, -0.2) is 49.2 Å². The van der Waals surface area contributed by atoms with E-state index in [4.69, 9.17) is 9.47 Å². The molecule has 1 aromatic rings. The highest BCUT2D eigenvalue weighted by Gasteiger charge is 2.36. The number of rotatable bonds is 7. The lowest BCUT2D eigenvalue weighted by Crippen LogP contribution is -2.53. The molecule has 1 aromatic carbocycles. The summed E-state index contributed by atoms with van der Waals surface area (Å²) >= 11 is 0. The van der Waals surface area contributed by atoms with E-state index in [1.54, 1.807) is 13.8 Å². The van der Waals surface area contributed by atoms with Gasteiger partial charge in [0, 0.05) is 5.70 Å². The van der Waals surface area contributed by atoms with E-state index in [-0.39, 0.29) is 13.2 Å². The predicted octanol–water partition coefficient (Wildman–Crippen LogP) is 2.02. The van der Waals surface area contributed by atoms with Crippen LogP contribution < -0.4 is 5.32 Å². The van der Waals surface area contributed by atoms with Crippen molar-refractivity contribution in [2.24, 2.45) is 0 Å². The third-order valence-electron chi connectivity index (χ3n) is 4.25. The van der Waals surface area contributed by atoms with E-state index in [0.717, 1.165) is 5.56 Å². The quantitative estimate of drug-likeness (QED) is 0.752. The first kappa shape index (κ1) is 19.5. The Morgan fingerprint density at radius 2 is 1.92 bits per heavy atom. The fourth-order valence-corrected chi connectivity index (χ4v) is 2.95. The average molecular weight is 360 g/mol. The van der Waals surface area contributed by atoms with Gasteiger partial charge in [-0.2, -0.15) is 0 Å². The molecule has 0 aromatic heterocycles. The summed E-state index contributed by atoms with van der Waals surface area (Å²) in [6.45, 7) is 3.30. The minimum absolute atomic E-state index is 0.223. The van der Waals surface area contributed by atoms with Gasteiger partial charge in [0.05, 0.1) is 25.3 Å². The van der Waals surface area contributed by atoms with Crippen molar-refractivity contribution in [2.75, 3.05) is 20.3 Å². The minimum Gasteiger partial charge on any atom is -0.466 e. The zero-order chi connectivity index (χ0) is 19.1. The first-order valence-electron chi connectivity index (χ1n) is 8.54. The van der Waals surface area contributed by atoms with E-state index in [1.807, 2.05) is 30.3 Å². The van der Waals surface area contributed by atoms with Crippen molar-refractivity contribution in [1.82, 2.24) is 10.2 Å². The summed E-state index contributed by atoms with van der Waals surface area (Å²) in [5.41, 5.74) is 1.87. The molecule has 0 bridgehead atoms. The molecule has 0 radical (unpaired) electrons. The number of amides is 2. The number of allylic oxidation sites excluding steroid dienone is 1. The third-order valence-corrected chi connectivity index (χ3v) is 4.25. The van der Waals surface area contributed by atoms with Gasteiger partial charge in [0.25, 0.3) is 0 Å². The Morgan fingerprint density at radius 1 is 1.23 bits per heavy atom. The van der Waals surface area contributed by atoms with E-state index in [0.29, 0.717) is 24.1 Å². The molecule has 2 amide bonds. The molecule has 0 saturated heterocycles. The first-order chi connectivity index (χ1) is 12.5. The smallest absolute Gasteiger partial charge is 0.337 e. The Labute approximate surface area is 153 Å². The second-order valence-corrected chi connectivity index (χ2v) is 5.91. The summed E-state index contributed by atoms with van der Waals surface area (Å²) in [6.07, 6.45) is 1.24. The van der Waals surface area contributed by atoms with Gasteiger partial charge in [-0.25, -0.2) is 9.59 Å². The number of carbonyl (C=O) groups is 3. The lowest BCUT2D eigenvalue weighted by Gasteiger charge is -2.34. The van der Waals surface area contributed by atoms with Crippen molar-refractivity contribution in [3.05, 3.63) is 47.2 Å². The molecule has 26 heavy (non-hydrogen) atoms. The summed E-state index contributed by atoms with van der Waals surface area (Å²) in [6, 6.07) is 8.90. The normalized spacial score (nSPS) is 17.0. The summed E-state index contributed by atoms with van der Waals surface area (Å²) in [5, 5.41) is 2.80. The molecule has 2 rings (SSSR count). The highest BCUT2D eigenvalue weighted by molar-refractivity contribution is 5.95. The third kappa shape index (κ3) is 4.62. The lowest BCUT2D eigenvalue weighted by molar-refractivity contribution is -0.143. The van der Waals surface area contributed by atoms with E-state index in [1.165, 1.54) is 12.0 Å². The molecular weight excluding hydrogens is 336 g/mol. The Hall–Kier alpha value is -2.83. The van der Waals surface area contributed by atoms with Gasteiger partial charge in [0.15, 0.2) is 0 Å². The van der Waals surface area contributed by atoms with Gasteiger partial charge in [0.2, 0.25) is 0 Å². The molecule has 0 unspecified atom stereocenters. The summed E-state index contributed by atoms with van der Waals surface area (Å²) < 4.78 is 9.78. The molecule has 140 valence electrons. The number of ether oxygens (including phenoxy) is 2. The summed E-state index contributed by atoms with van der Waals surface area (Å²) in [7, 11) is 1.29. The summed E-state index contributed by atoms with van der Waals surface area (Å²) in [4.78, 5) is 37.7. The number of nitrogens with zero attached hydrogens (tertiary/aromatic N) is 1. The molecule has 1 aliphatic heterocycles. The topological polar surface area (TPSA) is 84.9 Å². The molecule has 1 N–H and O–H groups in total. The fraction of sp³-hybridized carbons (Fsp3) is 0.421. The van der Waals surface area contributed by atoms with Gasteiger partial charge in [-0.3, -0.25) is 9.69 Å². The molecular formula is C19H24N2O5. The van der Waals surface area contributed by atoms with Gasteiger partial charge in [0.1, 0.15) is 6.54 Å². The zero-order valence-corrected chi connectivity index (χ0v) is 15.3. The van der Waals surface area contributed by atoms with Gasteiger partial charge in [-0.1, -0.05) is 30.3 Å². The summed E-state index contributed by atoms with van der Waals surface area (Å²) in [5.74, 6) is -1.05. The highest BCUT2D eigenvalue weighted by atomic mass is 16.5. The lowest BCUT2D eigenvalue weighted by atomic mass is 9.95. The van der Waals surface area contributed by atoms with Crippen LogP contribution in [0.3, 0.4) is 0 Å². The van der Waals surface area contributed by atoms with Gasteiger partial charge in [-0.15, -0.1) is 0 Å². The van der Waals surface area contributed by atoms with Crippen LogP contribution in [0, 0.1) is 0 Å².